The van der Waals surface area contributed by atoms with Crippen LogP contribution in [0.4, 0.5) is 5.82 Å². The molecule has 9 heteroatoms. The minimum atomic E-state index is -0.179. The topological polar surface area (TPSA) is 109 Å². The number of nitrogens with one attached hydrogen (secondary N) is 2. The van der Waals surface area contributed by atoms with E-state index >= 15 is 0 Å². The van der Waals surface area contributed by atoms with Crippen molar-refractivity contribution in [2.24, 2.45) is 0 Å². The van der Waals surface area contributed by atoms with Gasteiger partial charge in [0.15, 0.2) is 5.82 Å². The second kappa shape index (κ2) is 6.76. The highest BCUT2D eigenvalue weighted by Gasteiger charge is 2.22. The highest BCUT2D eigenvalue weighted by atomic mass is 35.5. The van der Waals surface area contributed by atoms with Crippen LogP contribution in [0.5, 0.6) is 0 Å². The lowest BCUT2D eigenvalue weighted by atomic mass is 10.1. The third-order valence-corrected chi connectivity index (χ3v) is 4.39. The van der Waals surface area contributed by atoms with E-state index in [1.54, 1.807) is 6.07 Å². The quantitative estimate of drug-likeness (QED) is 0.711. The summed E-state index contributed by atoms with van der Waals surface area (Å²) in [7, 11) is 0. The van der Waals surface area contributed by atoms with E-state index in [2.05, 4.69) is 15.2 Å². The van der Waals surface area contributed by atoms with Gasteiger partial charge in [0.25, 0.3) is 5.62 Å². The minimum absolute atomic E-state index is 0. The molecule has 3 rings (SSSR count). The van der Waals surface area contributed by atoms with Gasteiger partial charge < -0.3 is 16.0 Å². The van der Waals surface area contributed by atoms with Crippen molar-refractivity contribution in [1.82, 2.24) is 14.6 Å². The van der Waals surface area contributed by atoms with Crippen LogP contribution >= 0.6 is 23.2 Å². The van der Waals surface area contributed by atoms with Gasteiger partial charge in [0.1, 0.15) is 0 Å². The van der Waals surface area contributed by atoms with Crippen LogP contribution in [0.25, 0.3) is 0 Å². The number of aromatic nitrogens is 2. The van der Waals surface area contributed by atoms with Crippen LogP contribution in [-0.4, -0.2) is 32.0 Å². The summed E-state index contributed by atoms with van der Waals surface area (Å²) in [5.41, 5.74) is 2.49. The number of aryl methyl sites for hydroxylation is 1. The Hall–Kier alpha value is -1.80. The molecule has 0 saturated heterocycles. The van der Waals surface area contributed by atoms with Crippen molar-refractivity contribution in [2.45, 2.75) is 20.0 Å². The zero-order valence-corrected chi connectivity index (χ0v) is 13.9. The van der Waals surface area contributed by atoms with E-state index in [0.717, 1.165) is 21.6 Å². The fourth-order valence-corrected chi connectivity index (χ4v) is 2.84. The highest BCUT2D eigenvalue weighted by Crippen LogP contribution is 2.26. The van der Waals surface area contributed by atoms with Crippen molar-refractivity contribution in [1.29, 1.82) is 5.41 Å². The molecule has 0 aliphatic carbocycles. The normalized spacial score (nSPS) is 13.9. The maximum atomic E-state index is 9.86. The first-order chi connectivity index (χ1) is 10.5. The Kier molecular flexibility index (Phi) is 5.16. The molecule has 0 amide bonds. The summed E-state index contributed by atoms with van der Waals surface area (Å²) < 4.78 is 0.777. The average molecular weight is 358 g/mol. The smallest absolute Gasteiger partial charge is 0.257 e. The second-order valence-electron chi connectivity index (χ2n) is 5.23. The van der Waals surface area contributed by atoms with E-state index < -0.39 is 0 Å². The first kappa shape index (κ1) is 17.6. The largest absolute Gasteiger partial charge is 0.423 e. The zero-order valence-electron chi connectivity index (χ0n) is 12.4. The Labute approximate surface area is 142 Å². The molecule has 0 saturated carbocycles. The number of anilines is 1. The number of benzene rings is 1. The molecular formula is C14H17Cl2N5O2. The summed E-state index contributed by atoms with van der Waals surface area (Å²) in [6, 6.07) is 5.57. The summed E-state index contributed by atoms with van der Waals surface area (Å²) in [4.78, 5) is 6.18. The second-order valence-corrected chi connectivity index (χ2v) is 6.04. The number of fused-ring (bicyclic) bond motifs is 1. The standard InChI is InChI=1S/C14H15Cl2N5O.H2O/c1-8-10-6-20(5-9-2-3-11(15)12(16)4-9)7-18-13(10)21(22)14(17)19-8;/h2-4,17-18,22H,5-7H2,1H3;1H2. The van der Waals surface area contributed by atoms with Gasteiger partial charge in [0.05, 0.1) is 16.7 Å². The Morgan fingerprint density at radius 1 is 1.35 bits per heavy atom. The van der Waals surface area contributed by atoms with Gasteiger partial charge in [-0.1, -0.05) is 29.3 Å². The molecule has 5 N–H and O–H groups in total. The van der Waals surface area contributed by atoms with Crippen molar-refractivity contribution in [3.63, 3.8) is 0 Å². The van der Waals surface area contributed by atoms with Crippen LogP contribution < -0.4 is 10.9 Å². The summed E-state index contributed by atoms with van der Waals surface area (Å²) in [5.74, 6) is 0.530. The fraction of sp³-hybridized carbons (Fsp3) is 0.286. The van der Waals surface area contributed by atoms with E-state index in [1.807, 2.05) is 19.1 Å². The van der Waals surface area contributed by atoms with Crippen molar-refractivity contribution < 1.29 is 10.7 Å². The molecule has 0 unspecified atom stereocenters. The Bertz CT molecular complexity index is 793. The summed E-state index contributed by atoms with van der Waals surface area (Å²) in [6.45, 7) is 3.71. The molecular weight excluding hydrogens is 341 g/mol. The van der Waals surface area contributed by atoms with Gasteiger partial charge in [-0.3, -0.25) is 10.3 Å². The van der Waals surface area contributed by atoms with E-state index in [4.69, 9.17) is 28.6 Å². The van der Waals surface area contributed by atoms with Crippen LogP contribution in [0.1, 0.15) is 16.8 Å². The van der Waals surface area contributed by atoms with Gasteiger partial charge in [-0.2, -0.15) is 0 Å². The first-order valence-corrected chi connectivity index (χ1v) is 7.48. The molecule has 1 aromatic carbocycles. The van der Waals surface area contributed by atoms with E-state index in [0.29, 0.717) is 35.6 Å². The monoisotopic (exact) mass is 357 g/mol. The van der Waals surface area contributed by atoms with E-state index in [1.165, 1.54) is 0 Å². The molecule has 0 fully saturated rings. The minimum Gasteiger partial charge on any atom is -0.423 e. The molecule has 1 aromatic heterocycles. The maximum absolute atomic E-state index is 9.86. The molecule has 1 aliphatic rings. The molecule has 124 valence electrons. The summed E-state index contributed by atoms with van der Waals surface area (Å²) in [5, 5.41) is 21.7. The zero-order chi connectivity index (χ0) is 15.9. The number of hydrogen-bond acceptors (Lipinski definition) is 5. The van der Waals surface area contributed by atoms with Gasteiger partial charge in [0.2, 0.25) is 0 Å². The predicted molar refractivity (Wildman–Crippen MR) is 87.8 cm³/mol. The van der Waals surface area contributed by atoms with Gasteiger partial charge in [-0.15, -0.1) is 4.73 Å². The van der Waals surface area contributed by atoms with Crippen LogP contribution in [0.3, 0.4) is 0 Å². The third kappa shape index (κ3) is 3.42. The molecule has 0 radical (unpaired) electrons. The van der Waals surface area contributed by atoms with E-state index in [-0.39, 0.29) is 11.1 Å². The lowest BCUT2D eigenvalue weighted by molar-refractivity contribution is 0.161. The fourth-order valence-electron chi connectivity index (χ4n) is 2.52. The molecule has 0 atom stereocenters. The average Bonchev–Trinajstić information content (AvgIpc) is 2.49. The maximum Gasteiger partial charge on any atom is 0.257 e. The number of halogens is 2. The van der Waals surface area contributed by atoms with Crippen molar-refractivity contribution in [3.8, 4) is 0 Å². The Morgan fingerprint density at radius 3 is 2.78 bits per heavy atom. The molecule has 0 spiro atoms. The summed E-state index contributed by atoms with van der Waals surface area (Å²) in [6.07, 6.45) is 0. The van der Waals surface area contributed by atoms with Crippen LogP contribution in [0, 0.1) is 12.3 Å². The first-order valence-electron chi connectivity index (χ1n) is 6.72. The van der Waals surface area contributed by atoms with Crippen LogP contribution in [0.15, 0.2) is 18.2 Å². The predicted octanol–water partition coefficient (Wildman–Crippen LogP) is 1.78. The Morgan fingerprint density at radius 2 is 2.09 bits per heavy atom. The van der Waals surface area contributed by atoms with Crippen molar-refractivity contribution in [3.05, 3.63) is 50.7 Å². The van der Waals surface area contributed by atoms with Crippen LogP contribution in [0.2, 0.25) is 10.0 Å². The van der Waals surface area contributed by atoms with Crippen molar-refractivity contribution in [2.75, 3.05) is 12.0 Å². The SMILES string of the molecule is Cc1nc(=N)n(O)c2c1CN(Cc1ccc(Cl)c(Cl)c1)CN2.O. The van der Waals surface area contributed by atoms with Gasteiger partial charge in [0, 0.05) is 24.3 Å². The molecule has 2 heterocycles. The van der Waals surface area contributed by atoms with Gasteiger partial charge >= 0.3 is 0 Å². The number of hydrogen-bond donors (Lipinski definition) is 3. The molecule has 1 aliphatic heterocycles. The molecule has 0 bridgehead atoms. The van der Waals surface area contributed by atoms with Crippen LogP contribution in [-0.2, 0) is 13.1 Å². The van der Waals surface area contributed by atoms with Gasteiger partial charge in [-0.05, 0) is 24.6 Å². The van der Waals surface area contributed by atoms with E-state index in [9.17, 15) is 5.21 Å². The lowest BCUT2D eigenvalue weighted by Crippen LogP contribution is -2.38. The highest BCUT2D eigenvalue weighted by molar-refractivity contribution is 6.42. The molecule has 23 heavy (non-hydrogen) atoms. The number of rotatable bonds is 2. The van der Waals surface area contributed by atoms with Gasteiger partial charge in [-0.25, -0.2) is 4.98 Å². The van der Waals surface area contributed by atoms with Crippen molar-refractivity contribution >= 4 is 29.0 Å². The number of nitrogens with zero attached hydrogens (tertiary/aromatic N) is 3. The lowest BCUT2D eigenvalue weighted by Gasteiger charge is -2.31. The third-order valence-electron chi connectivity index (χ3n) is 3.65. The molecule has 7 nitrogen and oxygen atoms in total. The summed E-state index contributed by atoms with van der Waals surface area (Å²) >= 11 is 12.0. The molecule has 2 aromatic rings. The Balaban J connectivity index is 0.00000192.